The maximum atomic E-state index is 5.78. The molecule has 0 saturated heterocycles. The van der Waals surface area contributed by atoms with Crippen molar-refractivity contribution in [2.75, 3.05) is 0 Å². The molecule has 0 radical (unpaired) electrons. The monoisotopic (exact) mass is 257 g/mol. The van der Waals surface area contributed by atoms with Crippen LogP contribution in [0.1, 0.15) is 11.1 Å². The predicted molar refractivity (Wildman–Crippen MR) is 76.7 cm³/mol. The third kappa shape index (κ3) is 1.57. The molecule has 2 aromatic heterocycles. The van der Waals surface area contributed by atoms with E-state index < -0.39 is 0 Å². The Balaban J connectivity index is 2.32. The maximum Gasteiger partial charge on any atom is 0.151 e. The Hall–Kier alpha value is -1.65. The first-order valence-corrected chi connectivity index (χ1v) is 6.79. The van der Waals surface area contributed by atoms with Gasteiger partial charge in [0, 0.05) is 13.6 Å². The number of benzene rings is 1. The molecule has 0 atom stereocenters. The van der Waals surface area contributed by atoms with E-state index in [1.54, 1.807) is 11.3 Å². The maximum absolute atomic E-state index is 5.78. The summed E-state index contributed by atoms with van der Waals surface area (Å²) in [5, 5.41) is 2.11. The first-order chi connectivity index (χ1) is 8.72. The summed E-state index contributed by atoms with van der Waals surface area (Å²) in [5.74, 6) is 1.03. The van der Waals surface area contributed by atoms with Crippen LogP contribution in [-0.4, -0.2) is 9.55 Å². The Morgan fingerprint density at radius 3 is 2.83 bits per heavy atom. The zero-order valence-electron chi connectivity index (χ0n) is 10.5. The van der Waals surface area contributed by atoms with Crippen LogP contribution in [0.4, 0.5) is 0 Å². The van der Waals surface area contributed by atoms with Gasteiger partial charge in [0.05, 0.1) is 15.9 Å². The van der Waals surface area contributed by atoms with Crippen LogP contribution in [0.2, 0.25) is 0 Å². The number of rotatable bonds is 2. The second kappa shape index (κ2) is 4.23. The van der Waals surface area contributed by atoms with Gasteiger partial charge in [0.25, 0.3) is 0 Å². The molecule has 0 saturated carbocycles. The highest BCUT2D eigenvalue weighted by molar-refractivity contribution is 7.13. The normalized spacial score (nSPS) is 11.3. The van der Waals surface area contributed by atoms with Crippen molar-refractivity contribution in [3.05, 3.63) is 40.8 Å². The number of para-hydroxylation sites is 1. The fourth-order valence-electron chi connectivity index (χ4n) is 2.24. The van der Waals surface area contributed by atoms with Gasteiger partial charge in [0.1, 0.15) is 0 Å². The highest BCUT2D eigenvalue weighted by atomic mass is 32.1. The van der Waals surface area contributed by atoms with Crippen LogP contribution in [0.5, 0.6) is 0 Å². The van der Waals surface area contributed by atoms with Gasteiger partial charge in [-0.3, -0.25) is 0 Å². The lowest BCUT2D eigenvalue weighted by Gasteiger charge is -2.01. The lowest BCUT2D eigenvalue weighted by molar-refractivity contribution is 0.961. The molecule has 92 valence electrons. The van der Waals surface area contributed by atoms with Crippen molar-refractivity contribution in [2.45, 2.75) is 13.5 Å². The zero-order valence-corrected chi connectivity index (χ0v) is 11.3. The fourth-order valence-corrected chi connectivity index (χ4v) is 3.19. The minimum absolute atomic E-state index is 0.525. The van der Waals surface area contributed by atoms with E-state index in [-0.39, 0.29) is 0 Å². The van der Waals surface area contributed by atoms with E-state index in [0.29, 0.717) is 6.54 Å². The van der Waals surface area contributed by atoms with Gasteiger partial charge in [-0.2, -0.15) is 0 Å². The minimum Gasteiger partial charge on any atom is -0.326 e. The van der Waals surface area contributed by atoms with Crippen LogP contribution < -0.4 is 5.73 Å². The summed E-state index contributed by atoms with van der Waals surface area (Å²) in [6.07, 6.45) is 0. The number of thiophene rings is 1. The largest absolute Gasteiger partial charge is 0.326 e. The van der Waals surface area contributed by atoms with Crippen molar-refractivity contribution >= 4 is 22.4 Å². The predicted octanol–water partition coefficient (Wildman–Crippen LogP) is 3.07. The first-order valence-electron chi connectivity index (χ1n) is 5.91. The van der Waals surface area contributed by atoms with Crippen LogP contribution >= 0.6 is 11.3 Å². The number of nitrogens with two attached hydrogens (primary N) is 1. The molecule has 2 N–H and O–H groups in total. The number of fused-ring (bicyclic) bond motifs is 1. The van der Waals surface area contributed by atoms with Crippen LogP contribution in [-0.2, 0) is 13.6 Å². The van der Waals surface area contributed by atoms with Gasteiger partial charge in [0.15, 0.2) is 5.82 Å². The van der Waals surface area contributed by atoms with Crippen molar-refractivity contribution in [1.29, 1.82) is 0 Å². The number of nitrogens with zero attached hydrogens (tertiary/aromatic N) is 2. The second-order valence-corrected chi connectivity index (χ2v) is 5.33. The van der Waals surface area contributed by atoms with Crippen LogP contribution in [0, 0.1) is 6.92 Å². The topological polar surface area (TPSA) is 43.8 Å². The quantitative estimate of drug-likeness (QED) is 0.766. The van der Waals surface area contributed by atoms with Gasteiger partial charge in [0.2, 0.25) is 0 Å². The summed E-state index contributed by atoms with van der Waals surface area (Å²) in [5.41, 5.74) is 10.3. The third-order valence-electron chi connectivity index (χ3n) is 3.28. The molecule has 18 heavy (non-hydrogen) atoms. The lowest BCUT2D eigenvalue weighted by atomic mass is 10.2. The van der Waals surface area contributed by atoms with E-state index in [1.165, 1.54) is 10.4 Å². The van der Waals surface area contributed by atoms with Gasteiger partial charge >= 0.3 is 0 Å². The average Bonchev–Trinajstić information content (AvgIpc) is 2.93. The van der Waals surface area contributed by atoms with Gasteiger partial charge < -0.3 is 10.3 Å². The molecule has 0 bridgehead atoms. The molecular weight excluding hydrogens is 242 g/mol. The zero-order chi connectivity index (χ0) is 12.7. The van der Waals surface area contributed by atoms with Crippen molar-refractivity contribution in [1.82, 2.24) is 9.55 Å². The van der Waals surface area contributed by atoms with Crippen molar-refractivity contribution < 1.29 is 0 Å². The van der Waals surface area contributed by atoms with Gasteiger partial charge in [-0.25, -0.2) is 4.98 Å². The molecule has 3 rings (SSSR count). The molecule has 0 fully saturated rings. The van der Waals surface area contributed by atoms with E-state index in [9.17, 15) is 0 Å². The fraction of sp³-hybridized carbons (Fsp3) is 0.214. The van der Waals surface area contributed by atoms with E-state index in [1.807, 2.05) is 12.1 Å². The molecule has 2 heterocycles. The minimum atomic E-state index is 0.525. The van der Waals surface area contributed by atoms with Gasteiger partial charge in [-0.05, 0) is 35.6 Å². The molecule has 3 aromatic rings. The van der Waals surface area contributed by atoms with Crippen molar-refractivity contribution in [2.24, 2.45) is 12.8 Å². The standard InChI is InChI=1S/C14H15N3S/c1-9-6-7-18-13(9)14-16-12-10(8-15)4-3-5-11(12)17(14)2/h3-7H,8,15H2,1-2H3. The summed E-state index contributed by atoms with van der Waals surface area (Å²) in [6, 6.07) is 8.30. The molecule has 4 heteroatoms. The molecule has 0 aliphatic heterocycles. The number of aromatic nitrogens is 2. The number of aryl methyl sites for hydroxylation is 2. The Kier molecular flexibility index (Phi) is 2.69. The smallest absolute Gasteiger partial charge is 0.151 e. The molecule has 0 unspecified atom stereocenters. The summed E-state index contributed by atoms with van der Waals surface area (Å²) < 4.78 is 2.15. The van der Waals surface area contributed by atoms with Crippen LogP contribution in [0.3, 0.4) is 0 Å². The van der Waals surface area contributed by atoms with Crippen LogP contribution in [0.25, 0.3) is 21.7 Å². The van der Waals surface area contributed by atoms with Crippen molar-refractivity contribution in [3.8, 4) is 10.7 Å². The molecule has 1 aromatic carbocycles. The van der Waals surface area contributed by atoms with Crippen molar-refractivity contribution in [3.63, 3.8) is 0 Å². The molecule has 0 aliphatic rings. The van der Waals surface area contributed by atoms with E-state index in [4.69, 9.17) is 10.7 Å². The van der Waals surface area contributed by atoms with E-state index in [0.717, 1.165) is 22.4 Å². The van der Waals surface area contributed by atoms with E-state index in [2.05, 4.69) is 36.1 Å². The highest BCUT2D eigenvalue weighted by Crippen LogP contribution is 2.31. The molecule has 3 nitrogen and oxygen atoms in total. The Morgan fingerprint density at radius 1 is 1.33 bits per heavy atom. The molecule has 0 spiro atoms. The summed E-state index contributed by atoms with van der Waals surface area (Å²) in [6.45, 7) is 2.65. The van der Waals surface area contributed by atoms with Gasteiger partial charge in [-0.15, -0.1) is 11.3 Å². The summed E-state index contributed by atoms with van der Waals surface area (Å²) >= 11 is 1.73. The highest BCUT2D eigenvalue weighted by Gasteiger charge is 2.14. The lowest BCUT2D eigenvalue weighted by Crippen LogP contribution is -1.97. The Labute approximate surface area is 110 Å². The van der Waals surface area contributed by atoms with Crippen LogP contribution in [0.15, 0.2) is 29.6 Å². The summed E-state index contributed by atoms with van der Waals surface area (Å²) in [4.78, 5) is 6.01. The summed E-state index contributed by atoms with van der Waals surface area (Å²) in [7, 11) is 2.06. The molecule has 0 aliphatic carbocycles. The second-order valence-electron chi connectivity index (χ2n) is 4.42. The number of imidazole rings is 1. The Morgan fingerprint density at radius 2 is 2.17 bits per heavy atom. The number of hydrogen-bond acceptors (Lipinski definition) is 3. The Bertz CT molecular complexity index is 709. The third-order valence-corrected chi connectivity index (χ3v) is 4.29. The molecule has 0 amide bonds. The van der Waals surface area contributed by atoms with E-state index >= 15 is 0 Å². The average molecular weight is 257 g/mol. The SMILES string of the molecule is Cc1ccsc1-c1nc2c(CN)cccc2n1C. The van der Waals surface area contributed by atoms with Gasteiger partial charge in [-0.1, -0.05) is 12.1 Å². The number of hydrogen-bond donors (Lipinski definition) is 1. The first kappa shape index (κ1) is 11.4. The molecular formula is C14H15N3S.